The zero-order valence-corrected chi connectivity index (χ0v) is 33.5. The van der Waals surface area contributed by atoms with Gasteiger partial charge in [-0.2, -0.15) is 0 Å². The molecule has 0 aliphatic rings. The molecule has 0 saturated carbocycles. The third-order valence-corrected chi connectivity index (χ3v) is 20.0. The van der Waals surface area contributed by atoms with E-state index in [0.717, 1.165) is 33.7 Å². The van der Waals surface area contributed by atoms with E-state index in [1.54, 1.807) is 24.3 Å². The Morgan fingerprint density at radius 3 is 1.49 bits per heavy atom. The number of para-hydroxylation sites is 1. The van der Waals surface area contributed by atoms with Crippen molar-refractivity contribution in [2.24, 2.45) is 0 Å². The van der Waals surface area contributed by atoms with Crippen LogP contribution in [0.3, 0.4) is 0 Å². The summed E-state index contributed by atoms with van der Waals surface area (Å²) in [6, 6.07) is 51.5. The molecular weight excluding hydrogens is 845 g/mol. The molecule has 0 unspecified atom stereocenters. The van der Waals surface area contributed by atoms with Gasteiger partial charge in [-0.15, -0.1) is 0 Å². The van der Waals surface area contributed by atoms with Crippen LogP contribution < -0.4 is 26.5 Å². The summed E-state index contributed by atoms with van der Waals surface area (Å²) in [4.78, 5) is 13.8. The summed E-state index contributed by atoms with van der Waals surface area (Å²) in [5.74, 6) is 0. The molecule has 0 aliphatic heterocycles. The summed E-state index contributed by atoms with van der Waals surface area (Å²) in [7, 11) is 0. The van der Waals surface area contributed by atoms with Crippen LogP contribution in [0.4, 0.5) is 42.5 Å². The number of fused-ring (bicyclic) bond motifs is 2. The molecule has 11 heteroatoms. The number of benzene rings is 8. The first-order chi connectivity index (χ1) is 28.2. The summed E-state index contributed by atoms with van der Waals surface area (Å²) >= 11 is 4.39. The van der Waals surface area contributed by atoms with Crippen molar-refractivity contribution in [1.82, 2.24) is 0 Å². The molecule has 0 aliphatic carbocycles. The molecule has 0 fully saturated rings. The van der Waals surface area contributed by atoms with Crippen molar-refractivity contribution >= 4 is 75.7 Å². The normalized spacial score (nSPS) is 12.8. The van der Waals surface area contributed by atoms with E-state index >= 15 is 0 Å². The molecule has 0 heterocycles. The maximum atomic E-state index is 14.5. The van der Waals surface area contributed by atoms with Gasteiger partial charge in [-0.1, -0.05) is 0 Å². The molecule has 8 rings (SSSR count). The number of urea groups is 1. The molecule has 0 saturated heterocycles. The van der Waals surface area contributed by atoms with E-state index in [1.165, 1.54) is 0 Å². The van der Waals surface area contributed by atoms with Crippen LogP contribution in [-0.2, 0) is 18.5 Å². The number of hydrogen-bond donors (Lipinski definition) is 2. The van der Waals surface area contributed by atoms with Crippen molar-refractivity contribution in [3.8, 4) is 11.1 Å². The van der Waals surface area contributed by atoms with Gasteiger partial charge in [-0.3, -0.25) is 0 Å². The van der Waals surface area contributed by atoms with Crippen LogP contribution in [0.1, 0.15) is 16.7 Å². The molecule has 0 bridgehead atoms. The van der Waals surface area contributed by atoms with Crippen LogP contribution in [0.2, 0.25) is 0 Å². The number of hydrogen-bond acceptors (Lipinski definition) is 1. The topological polar surface area (TPSA) is 41.1 Å². The molecule has 0 atom stereocenters. The van der Waals surface area contributed by atoms with Crippen molar-refractivity contribution in [3.05, 3.63) is 199 Å². The number of carbonyl (C=O) groups excluding carboxylic acids is 1. The zero-order valence-electron chi connectivity index (χ0n) is 31.0. The van der Waals surface area contributed by atoms with Gasteiger partial charge < -0.3 is 0 Å². The first-order valence-electron chi connectivity index (χ1n) is 18.5. The standard InChI is InChI=1S/C48H34BrF6N2OP/c49-59(38-18-6-2-7-19-38,39-20-8-3-9-21-39,31-32-28-35(47(50,51)52)30-36(29-32)48(53,54)55)43-27-25-34-15-11-13-23-41(34)45(43)44-40-22-12-10-14-33(40)24-26-42(44)57-46(58)56-37-16-4-1-5-17-37/h1-30H,31H2,(H2,56,57,58). The Morgan fingerprint density at radius 2 is 0.966 bits per heavy atom. The molecule has 3 nitrogen and oxygen atoms in total. The van der Waals surface area contributed by atoms with E-state index in [-0.39, 0.29) is 17.8 Å². The van der Waals surface area contributed by atoms with Gasteiger partial charge >= 0.3 is 346 Å². The fourth-order valence-electron chi connectivity index (χ4n) is 7.99. The van der Waals surface area contributed by atoms with E-state index in [9.17, 15) is 31.1 Å². The molecule has 2 amide bonds. The summed E-state index contributed by atoms with van der Waals surface area (Å²) in [5, 5.41) is 6.66. The zero-order chi connectivity index (χ0) is 41.4. The Labute approximate surface area is 344 Å². The molecule has 59 heavy (non-hydrogen) atoms. The predicted octanol–water partition coefficient (Wildman–Crippen LogP) is 13.7. The van der Waals surface area contributed by atoms with Crippen molar-refractivity contribution in [2.45, 2.75) is 18.5 Å². The molecule has 8 aromatic carbocycles. The summed E-state index contributed by atoms with van der Waals surface area (Å²) in [5.41, 5.74) is -0.678. The van der Waals surface area contributed by atoms with Gasteiger partial charge in [0.1, 0.15) is 0 Å². The van der Waals surface area contributed by atoms with Crippen molar-refractivity contribution in [1.29, 1.82) is 0 Å². The first kappa shape index (κ1) is 39.8. The summed E-state index contributed by atoms with van der Waals surface area (Å²) in [6.45, 7) is 0. The quantitative estimate of drug-likeness (QED) is 0.116. The number of alkyl halides is 6. The molecule has 0 radical (unpaired) electrons. The van der Waals surface area contributed by atoms with E-state index < -0.39 is 34.8 Å². The molecule has 8 aromatic rings. The average Bonchev–Trinajstić information content (AvgIpc) is 3.23. The van der Waals surface area contributed by atoms with Crippen LogP contribution in [-0.4, -0.2) is 6.03 Å². The Hall–Kier alpha value is -5.96. The van der Waals surface area contributed by atoms with Gasteiger partial charge in [0.15, 0.2) is 0 Å². The van der Waals surface area contributed by atoms with Crippen molar-refractivity contribution < 1.29 is 31.1 Å². The van der Waals surface area contributed by atoms with E-state index in [0.29, 0.717) is 38.4 Å². The third kappa shape index (κ3) is 7.47. The predicted molar refractivity (Wildman–Crippen MR) is 234 cm³/mol. The van der Waals surface area contributed by atoms with Crippen LogP contribution >= 0.6 is 20.8 Å². The third-order valence-electron chi connectivity index (χ3n) is 10.6. The van der Waals surface area contributed by atoms with Gasteiger partial charge in [0.25, 0.3) is 0 Å². The average molecular weight is 880 g/mol. The molecule has 0 aromatic heterocycles. The van der Waals surface area contributed by atoms with Gasteiger partial charge in [-0.25, -0.2) is 0 Å². The number of nitrogens with one attached hydrogen (secondary N) is 2. The van der Waals surface area contributed by atoms with Gasteiger partial charge in [0, 0.05) is 0 Å². The van der Waals surface area contributed by atoms with Gasteiger partial charge in [0.2, 0.25) is 0 Å². The first-order valence-corrected chi connectivity index (χ1v) is 23.0. The Balaban J connectivity index is 1.52. The second kappa shape index (κ2) is 15.3. The second-order valence-corrected chi connectivity index (χ2v) is 23.2. The Morgan fingerprint density at radius 1 is 0.508 bits per heavy atom. The van der Waals surface area contributed by atoms with E-state index in [2.05, 4.69) is 26.1 Å². The van der Waals surface area contributed by atoms with Crippen LogP contribution in [0.15, 0.2) is 182 Å². The van der Waals surface area contributed by atoms with Gasteiger partial charge in [0.05, 0.1) is 0 Å². The second-order valence-electron chi connectivity index (χ2n) is 14.3. The monoisotopic (exact) mass is 878 g/mol. The molecule has 2 N–H and O–H groups in total. The summed E-state index contributed by atoms with van der Waals surface area (Å²) in [6.07, 6.45) is -10.4. The van der Waals surface area contributed by atoms with Crippen molar-refractivity contribution in [2.75, 3.05) is 10.6 Å². The van der Waals surface area contributed by atoms with Crippen molar-refractivity contribution in [3.63, 3.8) is 0 Å². The van der Waals surface area contributed by atoms with Gasteiger partial charge in [-0.05, 0) is 0 Å². The number of anilines is 2. The SMILES string of the molecule is O=C(Nc1ccccc1)Nc1ccc2ccccc2c1-c1c(P(Br)(Cc2cc(C(F)(F)F)cc(C(F)(F)F)c2)(c2ccccc2)c2ccccc2)ccc2ccccc12. The fourth-order valence-corrected chi connectivity index (χ4v) is 16.1. The maximum absolute atomic E-state index is 14.5. The Bertz CT molecular complexity index is 2760. The molecule has 296 valence electrons. The molecular formula is C48H34BrF6N2OP. The van der Waals surface area contributed by atoms with Crippen LogP contribution in [0.25, 0.3) is 32.7 Å². The van der Waals surface area contributed by atoms with Crippen LogP contribution in [0, 0.1) is 0 Å². The van der Waals surface area contributed by atoms with E-state index in [4.69, 9.17) is 0 Å². The number of halogens is 7. The number of amides is 2. The molecule has 0 spiro atoms. The number of carbonyl (C=O) groups is 1. The van der Waals surface area contributed by atoms with E-state index in [1.807, 2.05) is 140 Å². The fraction of sp³-hybridized carbons (Fsp3) is 0.0625. The Kier molecular flexibility index (Phi) is 10.4. The minimum atomic E-state index is -5.06. The number of rotatable bonds is 8. The van der Waals surface area contributed by atoms with Crippen LogP contribution in [0.5, 0.6) is 0 Å². The minimum absolute atomic E-state index is 0.160. The summed E-state index contributed by atoms with van der Waals surface area (Å²) < 4.78 is 87.1.